The van der Waals surface area contributed by atoms with Gasteiger partial charge in [0, 0.05) is 12.6 Å². The molecule has 0 amide bonds. The standard InChI is InChI=1S/C14H23NO2/c1-3-5-13-10-12(7-9-16-13)15-11(2)14-6-4-8-17-14/h4,6,8,11-13,15H,3,5,7,9-10H2,1-2H3/t11-,12?,13?/m1/s1. The lowest BCUT2D eigenvalue weighted by atomic mass is 9.99. The van der Waals surface area contributed by atoms with E-state index in [0.29, 0.717) is 12.1 Å². The average Bonchev–Trinajstić information content (AvgIpc) is 2.83. The third-order valence-electron chi connectivity index (χ3n) is 3.43. The Bertz CT molecular complexity index is 308. The number of rotatable bonds is 5. The Morgan fingerprint density at radius 3 is 3.12 bits per heavy atom. The van der Waals surface area contributed by atoms with Crippen LogP contribution < -0.4 is 5.32 Å². The van der Waals surface area contributed by atoms with Gasteiger partial charge >= 0.3 is 0 Å². The molecular weight excluding hydrogens is 214 g/mol. The maximum absolute atomic E-state index is 5.76. The SMILES string of the molecule is CCCC1CC(N[C@H](C)c2ccco2)CCO1. The Morgan fingerprint density at radius 2 is 2.41 bits per heavy atom. The van der Waals surface area contributed by atoms with Crippen molar-refractivity contribution in [3.63, 3.8) is 0 Å². The van der Waals surface area contributed by atoms with E-state index in [1.54, 1.807) is 6.26 Å². The van der Waals surface area contributed by atoms with Gasteiger partial charge in [-0.1, -0.05) is 13.3 Å². The van der Waals surface area contributed by atoms with Crippen LogP contribution in [0.25, 0.3) is 0 Å². The van der Waals surface area contributed by atoms with Crippen molar-refractivity contribution in [1.29, 1.82) is 0 Å². The average molecular weight is 237 g/mol. The van der Waals surface area contributed by atoms with E-state index >= 15 is 0 Å². The molecule has 1 aliphatic rings. The van der Waals surface area contributed by atoms with Crippen molar-refractivity contribution in [3.05, 3.63) is 24.2 Å². The molecule has 1 aliphatic heterocycles. The highest BCUT2D eigenvalue weighted by atomic mass is 16.5. The number of furan rings is 1. The minimum atomic E-state index is 0.287. The summed E-state index contributed by atoms with van der Waals surface area (Å²) >= 11 is 0. The highest BCUT2D eigenvalue weighted by Gasteiger charge is 2.23. The van der Waals surface area contributed by atoms with Gasteiger partial charge in [-0.05, 0) is 38.3 Å². The number of ether oxygens (including phenoxy) is 1. The van der Waals surface area contributed by atoms with E-state index in [-0.39, 0.29) is 6.04 Å². The van der Waals surface area contributed by atoms with E-state index in [0.717, 1.165) is 25.2 Å². The van der Waals surface area contributed by atoms with Crippen molar-refractivity contribution >= 4 is 0 Å². The van der Waals surface area contributed by atoms with E-state index in [2.05, 4.69) is 19.2 Å². The Morgan fingerprint density at radius 1 is 1.53 bits per heavy atom. The zero-order chi connectivity index (χ0) is 12.1. The molecule has 0 aromatic carbocycles. The molecule has 1 N–H and O–H groups in total. The summed E-state index contributed by atoms with van der Waals surface area (Å²) in [4.78, 5) is 0. The lowest BCUT2D eigenvalue weighted by molar-refractivity contribution is -0.00510. The second kappa shape index (κ2) is 6.22. The first-order valence-electron chi connectivity index (χ1n) is 6.70. The molecule has 1 aromatic heterocycles. The van der Waals surface area contributed by atoms with Gasteiger partial charge in [0.25, 0.3) is 0 Å². The van der Waals surface area contributed by atoms with Gasteiger partial charge in [-0.15, -0.1) is 0 Å². The van der Waals surface area contributed by atoms with Crippen LogP contribution in [-0.4, -0.2) is 18.8 Å². The van der Waals surface area contributed by atoms with Gasteiger partial charge in [-0.25, -0.2) is 0 Å². The molecule has 1 saturated heterocycles. The monoisotopic (exact) mass is 237 g/mol. The lowest BCUT2D eigenvalue weighted by Crippen LogP contribution is -2.40. The van der Waals surface area contributed by atoms with Crippen LogP contribution in [0.4, 0.5) is 0 Å². The lowest BCUT2D eigenvalue weighted by Gasteiger charge is -2.31. The topological polar surface area (TPSA) is 34.4 Å². The molecule has 0 saturated carbocycles. The summed E-state index contributed by atoms with van der Waals surface area (Å²) in [5, 5.41) is 3.64. The molecule has 0 bridgehead atoms. The second-order valence-corrected chi connectivity index (χ2v) is 4.91. The van der Waals surface area contributed by atoms with Gasteiger partial charge in [0.1, 0.15) is 5.76 Å². The van der Waals surface area contributed by atoms with Crippen molar-refractivity contribution < 1.29 is 9.15 Å². The van der Waals surface area contributed by atoms with Crippen LogP contribution in [-0.2, 0) is 4.74 Å². The molecule has 0 radical (unpaired) electrons. The van der Waals surface area contributed by atoms with E-state index in [4.69, 9.17) is 9.15 Å². The first-order valence-corrected chi connectivity index (χ1v) is 6.70. The van der Waals surface area contributed by atoms with E-state index in [1.165, 1.54) is 12.8 Å². The van der Waals surface area contributed by atoms with Gasteiger partial charge in [-0.2, -0.15) is 0 Å². The molecular formula is C14H23NO2. The van der Waals surface area contributed by atoms with Gasteiger partial charge in [0.2, 0.25) is 0 Å². The van der Waals surface area contributed by atoms with Crippen LogP contribution in [0.3, 0.4) is 0 Å². The third-order valence-corrected chi connectivity index (χ3v) is 3.43. The van der Waals surface area contributed by atoms with E-state index in [9.17, 15) is 0 Å². The molecule has 3 atom stereocenters. The zero-order valence-corrected chi connectivity index (χ0v) is 10.8. The number of hydrogen-bond donors (Lipinski definition) is 1. The Labute approximate surface area is 104 Å². The normalized spacial score (nSPS) is 26.9. The van der Waals surface area contributed by atoms with Crippen molar-refractivity contribution in [3.8, 4) is 0 Å². The first kappa shape index (κ1) is 12.7. The summed E-state index contributed by atoms with van der Waals surface area (Å²) in [6.07, 6.45) is 6.77. The molecule has 2 rings (SSSR count). The fourth-order valence-electron chi connectivity index (χ4n) is 2.53. The zero-order valence-electron chi connectivity index (χ0n) is 10.8. The fourth-order valence-corrected chi connectivity index (χ4v) is 2.53. The van der Waals surface area contributed by atoms with Crippen LogP contribution in [0, 0.1) is 0 Å². The van der Waals surface area contributed by atoms with Crippen LogP contribution in [0.2, 0.25) is 0 Å². The van der Waals surface area contributed by atoms with Crippen molar-refractivity contribution in [2.24, 2.45) is 0 Å². The smallest absolute Gasteiger partial charge is 0.120 e. The van der Waals surface area contributed by atoms with Crippen LogP contribution in [0.15, 0.2) is 22.8 Å². The highest BCUT2D eigenvalue weighted by molar-refractivity contribution is 5.03. The molecule has 0 spiro atoms. The van der Waals surface area contributed by atoms with Crippen molar-refractivity contribution in [2.45, 2.75) is 57.7 Å². The summed E-state index contributed by atoms with van der Waals surface area (Å²) < 4.78 is 11.2. The molecule has 0 aliphatic carbocycles. The predicted octanol–water partition coefficient (Wildman–Crippen LogP) is 3.28. The quantitative estimate of drug-likeness (QED) is 0.853. The first-order chi connectivity index (χ1) is 8.29. The van der Waals surface area contributed by atoms with Crippen molar-refractivity contribution in [2.75, 3.05) is 6.61 Å². The van der Waals surface area contributed by atoms with Crippen LogP contribution in [0.1, 0.15) is 51.3 Å². The minimum absolute atomic E-state index is 0.287. The Hall–Kier alpha value is -0.800. The largest absolute Gasteiger partial charge is 0.468 e. The predicted molar refractivity (Wildman–Crippen MR) is 67.9 cm³/mol. The van der Waals surface area contributed by atoms with Gasteiger partial charge in [0.15, 0.2) is 0 Å². The van der Waals surface area contributed by atoms with E-state index < -0.39 is 0 Å². The summed E-state index contributed by atoms with van der Waals surface area (Å²) in [7, 11) is 0. The molecule has 2 heterocycles. The van der Waals surface area contributed by atoms with Gasteiger partial charge < -0.3 is 14.5 Å². The van der Waals surface area contributed by atoms with E-state index in [1.807, 2.05) is 12.1 Å². The number of hydrogen-bond acceptors (Lipinski definition) is 3. The molecule has 17 heavy (non-hydrogen) atoms. The van der Waals surface area contributed by atoms with Gasteiger partial charge in [-0.3, -0.25) is 0 Å². The summed E-state index contributed by atoms with van der Waals surface area (Å²) in [6.45, 7) is 5.25. The van der Waals surface area contributed by atoms with Crippen LogP contribution >= 0.6 is 0 Å². The molecule has 96 valence electrons. The molecule has 3 nitrogen and oxygen atoms in total. The second-order valence-electron chi connectivity index (χ2n) is 4.91. The summed E-state index contributed by atoms with van der Waals surface area (Å²) in [5.74, 6) is 1.02. The molecule has 1 aromatic rings. The minimum Gasteiger partial charge on any atom is -0.468 e. The molecule has 1 fully saturated rings. The summed E-state index contributed by atoms with van der Waals surface area (Å²) in [6, 6.07) is 4.81. The summed E-state index contributed by atoms with van der Waals surface area (Å²) in [5.41, 5.74) is 0. The highest BCUT2D eigenvalue weighted by Crippen LogP contribution is 2.21. The maximum Gasteiger partial charge on any atom is 0.120 e. The Kier molecular flexibility index (Phi) is 4.63. The van der Waals surface area contributed by atoms with Crippen molar-refractivity contribution in [1.82, 2.24) is 5.32 Å². The molecule has 2 unspecified atom stereocenters. The number of nitrogens with one attached hydrogen (secondary N) is 1. The van der Waals surface area contributed by atoms with Crippen LogP contribution in [0.5, 0.6) is 0 Å². The third kappa shape index (κ3) is 3.58. The molecule has 3 heteroatoms. The fraction of sp³-hybridized carbons (Fsp3) is 0.714. The Balaban J connectivity index is 1.82. The maximum atomic E-state index is 5.76. The van der Waals surface area contributed by atoms with Gasteiger partial charge in [0.05, 0.1) is 18.4 Å².